The summed E-state index contributed by atoms with van der Waals surface area (Å²) in [7, 11) is 0. The Balaban J connectivity index is -0.0000000354. The maximum atomic E-state index is 2.28. The molecule has 0 aromatic rings. The Morgan fingerprint density at radius 2 is 0.688 bits per heavy atom. The fourth-order valence-electron chi connectivity index (χ4n) is 0.289. The summed E-state index contributed by atoms with van der Waals surface area (Å²) in [4.78, 5) is 0. The molecule has 0 atom stereocenters. The standard InChI is InChI=1S/C6H14.C4H10.3C2H6/c1-4-6(3)5-2;1-4(2)3;3*1-2/h6H,4-5H2,1-3H3;4H,1-3H3;3*1-2H3. The van der Waals surface area contributed by atoms with E-state index in [0.29, 0.717) is 0 Å². The van der Waals surface area contributed by atoms with Gasteiger partial charge in [0.2, 0.25) is 0 Å². The second kappa shape index (κ2) is 45.9. The highest BCUT2D eigenvalue weighted by molar-refractivity contribution is 4.41. The van der Waals surface area contributed by atoms with E-state index in [-0.39, 0.29) is 0 Å². The SMILES string of the molecule is CC.CC.CC.CC(C)C.CCC(C)CC. The van der Waals surface area contributed by atoms with Crippen LogP contribution in [0.3, 0.4) is 0 Å². The van der Waals surface area contributed by atoms with Gasteiger partial charge in [0, 0.05) is 0 Å². The third-order valence-electron chi connectivity index (χ3n) is 1.39. The minimum atomic E-state index is 0.833. The van der Waals surface area contributed by atoms with Crippen molar-refractivity contribution < 1.29 is 0 Å². The molecule has 0 spiro atoms. The maximum absolute atomic E-state index is 2.28. The minimum absolute atomic E-state index is 0.833. The van der Waals surface area contributed by atoms with E-state index in [2.05, 4.69) is 41.5 Å². The summed E-state index contributed by atoms with van der Waals surface area (Å²) >= 11 is 0. The summed E-state index contributed by atoms with van der Waals surface area (Å²) in [6.45, 7) is 25.2. The van der Waals surface area contributed by atoms with Crippen LogP contribution in [0.25, 0.3) is 0 Å². The van der Waals surface area contributed by atoms with Gasteiger partial charge in [0.05, 0.1) is 0 Å². The molecule has 0 heterocycles. The largest absolute Gasteiger partial charge is 0.0683 e. The van der Waals surface area contributed by atoms with Gasteiger partial charge in [0.15, 0.2) is 0 Å². The average Bonchev–Trinajstić information content (AvgIpc) is 2.35. The van der Waals surface area contributed by atoms with Crippen LogP contribution < -0.4 is 0 Å². The first kappa shape index (κ1) is 29.8. The smallest absolute Gasteiger partial charge is 0.0448 e. The fourth-order valence-corrected chi connectivity index (χ4v) is 0.289. The molecule has 0 aliphatic carbocycles. The lowest BCUT2D eigenvalue weighted by Crippen LogP contribution is -1.85. The highest BCUT2D eigenvalue weighted by Gasteiger charge is 1.88. The molecule has 0 bridgehead atoms. The van der Waals surface area contributed by atoms with E-state index >= 15 is 0 Å². The van der Waals surface area contributed by atoms with Crippen molar-refractivity contribution in [3.8, 4) is 0 Å². The Morgan fingerprint density at radius 1 is 0.562 bits per heavy atom. The number of rotatable bonds is 2. The van der Waals surface area contributed by atoms with E-state index in [4.69, 9.17) is 0 Å². The second-order valence-electron chi connectivity index (χ2n) is 3.65. The van der Waals surface area contributed by atoms with Crippen LogP contribution in [0.2, 0.25) is 0 Å². The lowest BCUT2D eigenvalue weighted by Gasteiger charge is -1.98. The van der Waals surface area contributed by atoms with Gasteiger partial charge in [-0.1, -0.05) is 95.9 Å². The molecule has 0 nitrogen and oxygen atoms in total. The normalized spacial score (nSPS) is 7.12. The molecule has 0 saturated carbocycles. The molecular formula is C16H42. The second-order valence-corrected chi connectivity index (χ2v) is 3.65. The molecule has 0 amide bonds. The monoisotopic (exact) mass is 234 g/mol. The third-order valence-corrected chi connectivity index (χ3v) is 1.39. The molecule has 16 heavy (non-hydrogen) atoms. The molecule has 106 valence electrons. The molecule has 0 rings (SSSR count). The van der Waals surface area contributed by atoms with Gasteiger partial charge in [-0.15, -0.1) is 0 Å². The van der Waals surface area contributed by atoms with Crippen LogP contribution in [0, 0.1) is 11.8 Å². The van der Waals surface area contributed by atoms with Crippen molar-refractivity contribution in [2.75, 3.05) is 0 Å². The van der Waals surface area contributed by atoms with Crippen molar-refractivity contribution in [2.45, 2.75) is 95.9 Å². The van der Waals surface area contributed by atoms with Crippen LogP contribution in [-0.4, -0.2) is 0 Å². The number of hydrogen-bond donors (Lipinski definition) is 0. The third kappa shape index (κ3) is 148. The summed E-state index contributed by atoms with van der Waals surface area (Å²) in [5, 5.41) is 0. The molecule has 0 saturated heterocycles. The van der Waals surface area contributed by atoms with Crippen molar-refractivity contribution >= 4 is 0 Å². The van der Waals surface area contributed by atoms with Crippen LogP contribution in [0.5, 0.6) is 0 Å². The highest BCUT2D eigenvalue weighted by atomic mass is 13.9. The topological polar surface area (TPSA) is 0 Å². The van der Waals surface area contributed by atoms with E-state index in [9.17, 15) is 0 Å². The lowest BCUT2D eigenvalue weighted by atomic mass is 10.1. The zero-order chi connectivity index (χ0) is 14.6. The quantitative estimate of drug-likeness (QED) is 0.474. The molecular weight excluding hydrogens is 192 g/mol. The van der Waals surface area contributed by atoms with Crippen LogP contribution in [-0.2, 0) is 0 Å². The zero-order valence-electron chi connectivity index (χ0n) is 14.6. The minimum Gasteiger partial charge on any atom is -0.0683 e. The Kier molecular flexibility index (Phi) is 85.4. The zero-order valence-corrected chi connectivity index (χ0v) is 14.6. The Labute approximate surface area is 108 Å². The van der Waals surface area contributed by atoms with Gasteiger partial charge in [-0.05, 0) is 11.8 Å². The van der Waals surface area contributed by atoms with Crippen LogP contribution in [0.15, 0.2) is 0 Å². The van der Waals surface area contributed by atoms with Gasteiger partial charge < -0.3 is 0 Å². The number of hydrogen-bond acceptors (Lipinski definition) is 0. The van der Waals surface area contributed by atoms with Crippen molar-refractivity contribution in [1.29, 1.82) is 0 Å². The molecule has 0 aromatic carbocycles. The first-order chi connectivity index (χ1) is 7.54. The average molecular weight is 235 g/mol. The van der Waals surface area contributed by atoms with Crippen LogP contribution >= 0.6 is 0 Å². The van der Waals surface area contributed by atoms with Crippen molar-refractivity contribution in [3.05, 3.63) is 0 Å². The predicted molar refractivity (Wildman–Crippen MR) is 84.3 cm³/mol. The Hall–Kier alpha value is 0. The van der Waals surface area contributed by atoms with Gasteiger partial charge in [0.25, 0.3) is 0 Å². The Morgan fingerprint density at radius 3 is 0.688 bits per heavy atom. The summed E-state index contributed by atoms with van der Waals surface area (Å²) in [6, 6.07) is 0. The Bertz CT molecular complexity index is 39.2. The molecule has 0 unspecified atom stereocenters. The molecule has 0 aliphatic heterocycles. The van der Waals surface area contributed by atoms with E-state index in [0.717, 1.165) is 11.8 Å². The van der Waals surface area contributed by atoms with Crippen LogP contribution in [0.4, 0.5) is 0 Å². The highest BCUT2D eigenvalue weighted by Crippen LogP contribution is 2.02. The summed E-state index contributed by atoms with van der Waals surface area (Å²) < 4.78 is 0. The van der Waals surface area contributed by atoms with Gasteiger partial charge in [-0.25, -0.2) is 0 Å². The summed E-state index contributed by atoms with van der Waals surface area (Å²) in [5.41, 5.74) is 0. The van der Waals surface area contributed by atoms with Gasteiger partial charge in [-0.2, -0.15) is 0 Å². The van der Waals surface area contributed by atoms with E-state index in [1.165, 1.54) is 12.8 Å². The molecule has 0 aliphatic rings. The molecule has 0 N–H and O–H groups in total. The van der Waals surface area contributed by atoms with E-state index in [1.54, 1.807) is 0 Å². The van der Waals surface area contributed by atoms with Crippen LogP contribution in [0.1, 0.15) is 95.9 Å². The van der Waals surface area contributed by atoms with Gasteiger partial charge in [0.1, 0.15) is 0 Å². The summed E-state index contributed by atoms with van der Waals surface area (Å²) in [5.74, 6) is 1.77. The van der Waals surface area contributed by atoms with Crippen molar-refractivity contribution in [3.63, 3.8) is 0 Å². The molecule has 0 radical (unpaired) electrons. The van der Waals surface area contributed by atoms with Gasteiger partial charge >= 0.3 is 0 Å². The van der Waals surface area contributed by atoms with E-state index < -0.39 is 0 Å². The van der Waals surface area contributed by atoms with Crippen molar-refractivity contribution in [1.82, 2.24) is 0 Å². The molecule has 0 fully saturated rings. The molecule has 0 heteroatoms. The van der Waals surface area contributed by atoms with Crippen molar-refractivity contribution in [2.24, 2.45) is 11.8 Å². The first-order valence-corrected chi connectivity index (χ1v) is 7.54. The maximum Gasteiger partial charge on any atom is -0.0448 e. The summed E-state index contributed by atoms with van der Waals surface area (Å²) in [6.07, 6.45) is 2.66. The fraction of sp³-hybridized carbons (Fsp3) is 1.00. The van der Waals surface area contributed by atoms with E-state index in [1.807, 2.05) is 41.5 Å². The lowest BCUT2D eigenvalue weighted by molar-refractivity contribution is 0.544. The predicted octanol–water partition coefficient (Wildman–Crippen LogP) is 7.18. The van der Waals surface area contributed by atoms with Gasteiger partial charge in [-0.3, -0.25) is 0 Å². The first-order valence-electron chi connectivity index (χ1n) is 7.54. The molecule has 0 aromatic heterocycles.